The Morgan fingerprint density at radius 3 is 2.38 bits per heavy atom. The van der Waals surface area contributed by atoms with Crippen LogP contribution in [0.15, 0.2) is 85.5 Å². The van der Waals surface area contributed by atoms with Gasteiger partial charge in [0, 0.05) is 16.8 Å². The molecule has 4 rings (SSSR count). The Kier molecular flexibility index (Phi) is 3.89. The normalized spacial score (nSPS) is 18.7. The number of nitrogens with one attached hydrogen (secondary N) is 1. The van der Waals surface area contributed by atoms with Crippen molar-refractivity contribution in [2.45, 2.75) is 12.5 Å². The number of phenolic OH excluding ortho intramolecular Hbond substituents is 1. The highest BCUT2D eigenvalue weighted by Crippen LogP contribution is 2.51. The van der Waals surface area contributed by atoms with E-state index in [0.717, 1.165) is 33.5 Å². The van der Waals surface area contributed by atoms with E-state index in [4.69, 9.17) is 0 Å². The van der Waals surface area contributed by atoms with Crippen LogP contribution >= 0.6 is 0 Å². The molecule has 3 aromatic carbocycles. The predicted octanol–water partition coefficient (Wildman–Crippen LogP) is 5.75. The smallest absolute Gasteiger partial charge is 0.121 e. The molecule has 2 nitrogen and oxygen atoms in total. The van der Waals surface area contributed by atoms with Crippen molar-refractivity contribution in [2.24, 2.45) is 0 Å². The first kappa shape index (κ1) is 16.2. The maximum Gasteiger partial charge on any atom is 0.121 e. The molecule has 3 aromatic rings. The third-order valence-corrected chi connectivity index (χ3v) is 5.05. The molecule has 2 heteroatoms. The lowest BCUT2D eigenvalue weighted by atomic mass is 9.82. The molecule has 0 amide bonds. The molecule has 128 valence electrons. The van der Waals surface area contributed by atoms with Crippen LogP contribution in [0.5, 0.6) is 5.75 Å². The summed E-state index contributed by atoms with van der Waals surface area (Å²) >= 11 is 0. The van der Waals surface area contributed by atoms with Crippen molar-refractivity contribution in [1.82, 2.24) is 0 Å². The summed E-state index contributed by atoms with van der Waals surface area (Å²) in [7, 11) is 0. The van der Waals surface area contributed by atoms with Crippen molar-refractivity contribution in [3.8, 4) is 5.75 Å². The average Bonchev–Trinajstić information content (AvgIpc) is 2.96. The van der Waals surface area contributed by atoms with Gasteiger partial charge in [0.05, 0.1) is 0 Å². The van der Waals surface area contributed by atoms with E-state index in [-0.39, 0.29) is 5.75 Å². The Labute approximate surface area is 154 Å². The molecule has 26 heavy (non-hydrogen) atoms. The molecule has 1 atom stereocenters. The molecule has 0 fully saturated rings. The zero-order valence-corrected chi connectivity index (χ0v) is 14.7. The van der Waals surface area contributed by atoms with Crippen LogP contribution in [0.4, 0.5) is 5.69 Å². The van der Waals surface area contributed by atoms with E-state index in [1.165, 1.54) is 0 Å². The summed E-state index contributed by atoms with van der Waals surface area (Å²) in [4.78, 5) is 0. The third kappa shape index (κ3) is 2.51. The average molecular weight is 339 g/mol. The molecule has 1 aliphatic heterocycles. The molecule has 2 N–H and O–H groups in total. The number of aromatic hydroxyl groups is 1. The lowest BCUT2D eigenvalue weighted by Crippen LogP contribution is -2.29. The molecular formula is C24H21NO. The molecule has 1 heterocycles. The van der Waals surface area contributed by atoms with Gasteiger partial charge < -0.3 is 10.4 Å². The largest absolute Gasteiger partial charge is 0.508 e. The molecule has 1 unspecified atom stereocenters. The summed E-state index contributed by atoms with van der Waals surface area (Å²) < 4.78 is 0. The molecule has 1 aliphatic rings. The Morgan fingerprint density at radius 1 is 0.923 bits per heavy atom. The van der Waals surface area contributed by atoms with Crippen LogP contribution in [0.1, 0.15) is 22.3 Å². The number of phenols is 1. The predicted molar refractivity (Wildman–Crippen MR) is 109 cm³/mol. The van der Waals surface area contributed by atoms with Gasteiger partial charge in [-0.05, 0) is 35.8 Å². The highest BCUT2D eigenvalue weighted by molar-refractivity contribution is 5.94. The number of rotatable bonds is 3. The number of para-hydroxylation sites is 2. The number of aryl methyl sites for hydroxylation is 1. The van der Waals surface area contributed by atoms with Crippen LogP contribution < -0.4 is 5.32 Å². The standard InChI is InChI=1S/C24H21NO/c1-17-9-8-12-20-18(2)24(25-23(17)20,21-13-6-7-14-22(21)26)16-15-19-10-4-3-5-11-19/h3-16,25-26H,2H2,1H3/b16-15+. The summed E-state index contributed by atoms with van der Waals surface area (Å²) in [5.74, 6) is 0.254. The zero-order chi connectivity index (χ0) is 18.1. The number of hydrogen-bond acceptors (Lipinski definition) is 2. The second-order valence-electron chi connectivity index (χ2n) is 6.67. The van der Waals surface area contributed by atoms with Gasteiger partial charge in [-0.1, -0.05) is 79.4 Å². The van der Waals surface area contributed by atoms with E-state index in [0.29, 0.717) is 0 Å². The first-order chi connectivity index (χ1) is 12.6. The van der Waals surface area contributed by atoms with Gasteiger partial charge in [-0.3, -0.25) is 0 Å². The molecule has 0 radical (unpaired) electrons. The van der Waals surface area contributed by atoms with Crippen LogP contribution in [0.3, 0.4) is 0 Å². The van der Waals surface area contributed by atoms with Gasteiger partial charge in [-0.25, -0.2) is 0 Å². The zero-order valence-electron chi connectivity index (χ0n) is 14.7. The highest BCUT2D eigenvalue weighted by atomic mass is 16.3. The van der Waals surface area contributed by atoms with Crippen molar-refractivity contribution < 1.29 is 5.11 Å². The van der Waals surface area contributed by atoms with Crippen LogP contribution in [0, 0.1) is 6.92 Å². The van der Waals surface area contributed by atoms with E-state index < -0.39 is 5.54 Å². The number of fused-ring (bicyclic) bond motifs is 1. The van der Waals surface area contributed by atoms with E-state index in [1.54, 1.807) is 6.07 Å². The van der Waals surface area contributed by atoms with Crippen molar-refractivity contribution in [3.63, 3.8) is 0 Å². The van der Waals surface area contributed by atoms with Crippen molar-refractivity contribution >= 4 is 17.3 Å². The fourth-order valence-corrected chi connectivity index (χ4v) is 3.62. The van der Waals surface area contributed by atoms with E-state index in [1.807, 2.05) is 42.5 Å². The van der Waals surface area contributed by atoms with Crippen LogP contribution in [0.25, 0.3) is 11.6 Å². The molecular weight excluding hydrogens is 318 g/mol. The van der Waals surface area contributed by atoms with Crippen LogP contribution in [-0.2, 0) is 5.54 Å². The number of hydrogen-bond donors (Lipinski definition) is 2. The van der Waals surface area contributed by atoms with Crippen LogP contribution in [0.2, 0.25) is 0 Å². The maximum atomic E-state index is 10.6. The molecule has 0 aliphatic carbocycles. The summed E-state index contributed by atoms with van der Waals surface area (Å²) in [6.45, 7) is 6.48. The fourth-order valence-electron chi connectivity index (χ4n) is 3.62. The first-order valence-electron chi connectivity index (χ1n) is 8.72. The minimum Gasteiger partial charge on any atom is -0.508 e. The lowest BCUT2D eigenvalue weighted by Gasteiger charge is -2.30. The Bertz CT molecular complexity index is 1000. The minimum atomic E-state index is -0.685. The second kappa shape index (κ2) is 6.23. The summed E-state index contributed by atoms with van der Waals surface area (Å²) in [6, 6.07) is 23.8. The summed E-state index contributed by atoms with van der Waals surface area (Å²) in [5.41, 5.74) is 5.47. The van der Waals surface area contributed by atoms with E-state index >= 15 is 0 Å². The first-order valence-corrected chi connectivity index (χ1v) is 8.72. The Morgan fingerprint density at radius 2 is 1.65 bits per heavy atom. The molecule has 0 bridgehead atoms. The summed E-state index contributed by atoms with van der Waals surface area (Å²) in [6.07, 6.45) is 4.17. The van der Waals surface area contributed by atoms with E-state index in [9.17, 15) is 5.11 Å². The van der Waals surface area contributed by atoms with Crippen molar-refractivity contribution in [2.75, 3.05) is 5.32 Å². The topological polar surface area (TPSA) is 32.3 Å². The van der Waals surface area contributed by atoms with Crippen LogP contribution in [-0.4, -0.2) is 5.11 Å². The molecule has 0 spiro atoms. The quantitative estimate of drug-likeness (QED) is 0.637. The summed E-state index contributed by atoms with van der Waals surface area (Å²) in [5, 5.41) is 14.2. The number of anilines is 1. The minimum absolute atomic E-state index is 0.254. The molecule has 0 saturated heterocycles. The highest BCUT2D eigenvalue weighted by Gasteiger charge is 2.42. The molecule has 0 aromatic heterocycles. The van der Waals surface area contributed by atoms with Gasteiger partial charge in [0.2, 0.25) is 0 Å². The van der Waals surface area contributed by atoms with E-state index in [2.05, 4.69) is 55.2 Å². The number of benzene rings is 3. The SMILES string of the molecule is C=C1c2cccc(C)c2NC1(/C=C/c1ccccc1)c1ccccc1O. The van der Waals surface area contributed by atoms with Gasteiger partial charge >= 0.3 is 0 Å². The maximum absolute atomic E-state index is 10.6. The lowest BCUT2D eigenvalue weighted by molar-refractivity contribution is 0.463. The van der Waals surface area contributed by atoms with Crippen molar-refractivity contribution in [3.05, 3.63) is 108 Å². The van der Waals surface area contributed by atoms with Gasteiger partial charge in [0.15, 0.2) is 0 Å². The molecule has 0 saturated carbocycles. The van der Waals surface area contributed by atoms with Gasteiger partial charge in [0.25, 0.3) is 0 Å². The monoisotopic (exact) mass is 339 g/mol. The van der Waals surface area contributed by atoms with Gasteiger partial charge in [-0.15, -0.1) is 0 Å². The fraction of sp³-hybridized carbons (Fsp3) is 0.0833. The van der Waals surface area contributed by atoms with Gasteiger partial charge in [-0.2, -0.15) is 0 Å². The Hall–Kier alpha value is -3.26. The Balaban J connectivity index is 1.90. The second-order valence-corrected chi connectivity index (χ2v) is 6.67. The third-order valence-electron chi connectivity index (χ3n) is 5.05. The van der Waals surface area contributed by atoms with Gasteiger partial charge in [0.1, 0.15) is 11.3 Å². The van der Waals surface area contributed by atoms with Crippen molar-refractivity contribution in [1.29, 1.82) is 0 Å².